The van der Waals surface area contributed by atoms with Crippen molar-refractivity contribution in [3.63, 3.8) is 0 Å². The topological polar surface area (TPSA) is 91.6 Å². The van der Waals surface area contributed by atoms with Crippen LogP contribution >= 0.6 is 0 Å². The van der Waals surface area contributed by atoms with E-state index < -0.39 is 17.3 Å². The second-order valence-corrected chi connectivity index (χ2v) is 7.81. The summed E-state index contributed by atoms with van der Waals surface area (Å²) in [5.41, 5.74) is -0.142. The number of nitrogens with one attached hydrogen (secondary N) is 1. The Kier molecular flexibility index (Phi) is 7.41. The van der Waals surface area contributed by atoms with Crippen LogP contribution in [0, 0.1) is 0 Å². The molecule has 1 aromatic carbocycles. The summed E-state index contributed by atoms with van der Waals surface area (Å²) in [7, 11) is 0. The number of carbonyl (C=O) groups is 2. The lowest BCUT2D eigenvalue weighted by Gasteiger charge is -2.32. The standard InChI is InChI=1S/C23H29N3O4/c1-2-11-25-12-6-9-18(14-25)24-22(28)19-15-26(16-20(21(19)27)23(29)30)13-10-17-7-4-3-5-8-17/h3-5,7-8,15-16,18H,2,6,9-14H2,1H3,(H,24,28)(H,29,30). The maximum atomic E-state index is 12.9. The van der Waals surface area contributed by atoms with E-state index in [0.717, 1.165) is 44.5 Å². The Bertz CT molecular complexity index is 937. The van der Waals surface area contributed by atoms with Crippen molar-refractivity contribution in [1.29, 1.82) is 0 Å². The zero-order valence-electron chi connectivity index (χ0n) is 17.3. The van der Waals surface area contributed by atoms with Crippen molar-refractivity contribution >= 4 is 11.9 Å². The van der Waals surface area contributed by atoms with Gasteiger partial charge in [0.15, 0.2) is 0 Å². The lowest BCUT2D eigenvalue weighted by Crippen LogP contribution is -2.48. The van der Waals surface area contributed by atoms with Crippen LogP contribution in [0.3, 0.4) is 0 Å². The normalized spacial score (nSPS) is 16.9. The van der Waals surface area contributed by atoms with Crippen LogP contribution in [-0.4, -0.2) is 52.1 Å². The van der Waals surface area contributed by atoms with Gasteiger partial charge in [-0.1, -0.05) is 37.3 Å². The number of carboxylic acid groups (broad SMARTS) is 1. The molecule has 2 aromatic rings. The summed E-state index contributed by atoms with van der Waals surface area (Å²) < 4.78 is 1.62. The number of pyridine rings is 1. The summed E-state index contributed by atoms with van der Waals surface area (Å²) in [5.74, 6) is -1.82. The third-order valence-electron chi connectivity index (χ3n) is 5.44. The molecule has 0 radical (unpaired) electrons. The van der Waals surface area contributed by atoms with E-state index in [2.05, 4.69) is 17.1 Å². The number of likely N-dealkylation sites (tertiary alicyclic amines) is 1. The van der Waals surface area contributed by atoms with Crippen LogP contribution in [0.2, 0.25) is 0 Å². The maximum absolute atomic E-state index is 12.9. The van der Waals surface area contributed by atoms with Gasteiger partial charge in [-0.05, 0) is 44.3 Å². The molecule has 160 valence electrons. The number of amides is 1. The molecule has 0 spiro atoms. The Labute approximate surface area is 176 Å². The monoisotopic (exact) mass is 411 g/mol. The second kappa shape index (κ2) is 10.2. The molecule has 1 aliphatic heterocycles. The molecular formula is C23H29N3O4. The summed E-state index contributed by atoms with van der Waals surface area (Å²) in [6, 6.07) is 9.74. The number of benzene rings is 1. The van der Waals surface area contributed by atoms with Gasteiger partial charge in [-0.3, -0.25) is 9.59 Å². The number of carbonyl (C=O) groups excluding carboxylic acids is 1. The van der Waals surface area contributed by atoms with Crippen molar-refractivity contribution in [3.05, 3.63) is 69.6 Å². The van der Waals surface area contributed by atoms with E-state index in [4.69, 9.17) is 0 Å². The van der Waals surface area contributed by atoms with Crippen molar-refractivity contribution < 1.29 is 14.7 Å². The molecule has 1 amide bonds. The molecule has 1 saturated heterocycles. The highest BCUT2D eigenvalue weighted by Gasteiger charge is 2.24. The molecule has 1 unspecified atom stereocenters. The number of aromatic carboxylic acids is 1. The number of aromatic nitrogens is 1. The fourth-order valence-electron chi connectivity index (χ4n) is 3.93. The van der Waals surface area contributed by atoms with Crippen LogP contribution in [-0.2, 0) is 13.0 Å². The predicted octanol–water partition coefficient (Wildman–Crippen LogP) is 2.39. The zero-order chi connectivity index (χ0) is 21.5. The van der Waals surface area contributed by atoms with E-state index in [9.17, 15) is 19.5 Å². The minimum Gasteiger partial charge on any atom is -0.477 e. The highest BCUT2D eigenvalue weighted by Crippen LogP contribution is 2.11. The largest absolute Gasteiger partial charge is 0.477 e. The van der Waals surface area contributed by atoms with Gasteiger partial charge in [0.1, 0.15) is 11.1 Å². The highest BCUT2D eigenvalue weighted by molar-refractivity contribution is 5.97. The van der Waals surface area contributed by atoms with Crippen molar-refractivity contribution in [3.8, 4) is 0 Å². The van der Waals surface area contributed by atoms with Crippen molar-refractivity contribution in [1.82, 2.24) is 14.8 Å². The van der Waals surface area contributed by atoms with Crippen molar-refractivity contribution in [2.24, 2.45) is 0 Å². The SMILES string of the molecule is CCCN1CCCC(NC(=O)c2cn(CCc3ccccc3)cc(C(=O)O)c2=O)C1. The molecule has 0 aliphatic carbocycles. The Morgan fingerprint density at radius 3 is 2.57 bits per heavy atom. The molecule has 0 saturated carbocycles. The van der Waals surface area contributed by atoms with Gasteiger partial charge in [0.2, 0.25) is 5.43 Å². The van der Waals surface area contributed by atoms with E-state index in [1.165, 1.54) is 12.4 Å². The van der Waals surface area contributed by atoms with Crippen LogP contribution in [0.25, 0.3) is 0 Å². The molecule has 7 heteroatoms. The summed E-state index contributed by atoms with van der Waals surface area (Å²) in [6.07, 6.45) is 6.34. The summed E-state index contributed by atoms with van der Waals surface area (Å²) in [6.45, 7) is 5.34. The first-order chi connectivity index (χ1) is 14.5. The lowest BCUT2D eigenvalue weighted by atomic mass is 10.0. The number of hydrogen-bond acceptors (Lipinski definition) is 4. The summed E-state index contributed by atoms with van der Waals surface area (Å²) in [4.78, 5) is 39.4. The first kappa shape index (κ1) is 21.8. The van der Waals surface area contributed by atoms with Crippen molar-refractivity contribution in [2.75, 3.05) is 19.6 Å². The number of piperidine rings is 1. The van der Waals surface area contributed by atoms with Crippen LogP contribution in [0.5, 0.6) is 0 Å². The van der Waals surface area contributed by atoms with Crippen LogP contribution in [0.15, 0.2) is 47.5 Å². The van der Waals surface area contributed by atoms with Crippen LogP contribution < -0.4 is 10.7 Å². The summed E-state index contributed by atoms with van der Waals surface area (Å²) in [5, 5.41) is 12.4. The summed E-state index contributed by atoms with van der Waals surface area (Å²) >= 11 is 0. The Balaban J connectivity index is 1.78. The number of aryl methyl sites for hydroxylation is 2. The average molecular weight is 412 g/mol. The molecule has 2 N–H and O–H groups in total. The number of nitrogens with zero attached hydrogens (tertiary/aromatic N) is 2. The van der Waals surface area contributed by atoms with Gasteiger partial charge in [-0.25, -0.2) is 4.79 Å². The second-order valence-electron chi connectivity index (χ2n) is 7.81. The third kappa shape index (κ3) is 5.57. The highest BCUT2D eigenvalue weighted by atomic mass is 16.4. The van der Waals surface area contributed by atoms with Gasteiger partial charge in [-0.2, -0.15) is 0 Å². The van der Waals surface area contributed by atoms with E-state index in [-0.39, 0.29) is 17.2 Å². The average Bonchev–Trinajstić information content (AvgIpc) is 2.74. The lowest BCUT2D eigenvalue weighted by molar-refractivity contribution is 0.0694. The molecule has 7 nitrogen and oxygen atoms in total. The van der Waals surface area contributed by atoms with E-state index in [1.807, 2.05) is 30.3 Å². The number of carboxylic acids is 1. The smallest absolute Gasteiger partial charge is 0.341 e. The van der Waals surface area contributed by atoms with Gasteiger partial charge in [0.25, 0.3) is 5.91 Å². The molecule has 2 heterocycles. The van der Waals surface area contributed by atoms with Crippen LogP contribution in [0.1, 0.15) is 52.5 Å². The maximum Gasteiger partial charge on any atom is 0.341 e. The first-order valence-electron chi connectivity index (χ1n) is 10.5. The Hall–Kier alpha value is -2.93. The van der Waals surface area contributed by atoms with E-state index >= 15 is 0 Å². The quantitative estimate of drug-likeness (QED) is 0.696. The first-order valence-corrected chi connectivity index (χ1v) is 10.5. The number of rotatable bonds is 8. The molecule has 1 atom stereocenters. The minimum absolute atomic E-state index is 0.0385. The molecule has 0 bridgehead atoms. The van der Waals surface area contributed by atoms with Gasteiger partial charge in [0, 0.05) is 31.5 Å². The zero-order valence-corrected chi connectivity index (χ0v) is 17.3. The van der Waals surface area contributed by atoms with E-state index in [1.54, 1.807) is 4.57 Å². The molecule has 3 rings (SSSR count). The van der Waals surface area contributed by atoms with Gasteiger partial charge >= 0.3 is 5.97 Å². The fourth-order valence-corrected chi connectivity index (χ4v) is 3.93. The molecule has 1 fully saturated rings. The number of hydrogen-bond donors (Lipinski definition) is 2. The molecule has 30 heavy (non-hydrogen) atoms. The van der Waals surface area contributed by atoms with Gasteiger partial charge in [-0.15, -0.1) is 0 Å². The predicted molar refractivity (Wildman–Crippen MR) is 115 cm³/mol. The molecular weight excluding hydrogens is 382 g/mol. The minimum atomic E-state index is -1.32. The van der Waals surface area contributed by atoms with Crippen molar-refractivity contribution in [2.45, 2.75) is 45.2 Å². The van der Waals surface area contributed by atoms with E-state index in [0.29, 0.717) is 13.0 Å². The van der Waals surface area contributed by atoms with Gasteiger partial charge < -0.3 is 19.9 Å². The Morgan fingerprint density at radius 1 is 1.13 bits per heavy atom. The molecule has 1 aliphatic rings. The Morgan fingerprint density at radius 2 is 1.87 bits per heavy atom. The van der Waals surface area contributed by atoms with Gasteiger partial charge in [0.05, 0.1) is 0 Å². The van der Waals surface area contributed by atoms with Crippen LogP contribution in [0.4, 0.5) is 0 Å². The third-order valence-corrected chi connectivity index (χ3v) is 5.44. The fraction of sp³-hybridized carbons (Fsp3) is 0.435. The molecule has 1 aromatic heterocycles.